The van der Waals surface area contributed by atoms with E-state index in [9.17, 15) is 18.0 Å². The highest BCUT2D eigenvalue weighted by molar-refractivity contribution is 7.92. The number of nitrogens with one attached hydrogen (secondary N) is 1. The molecule has 2 amide bonds. The van der Waals surface area contributed by atoms with Crippen molar-refractivity contribution < 1.29 is 27.5 Å². The van der Waals surface area contributed by atoms with Crippen molar-refractivity contribution in [1.29, 1.82) is 0 Å². The lowest BCUT2D eigenvalue weighted by atomic mass is 10.1. The summed E-state index contributed by atoms with van der Waals surface area (Å²) in [5.74, 6) is -0.0418. The number of carbonyl (C=O) groups is 2. The van der Waals surface area contributed by atoms with Gasteiger partial charge in [0.05, 0.1) is 24.8 Å². The zero-order valence-corrected chi connectivity index (χ0v) is 24.5. The Morgan fingerprint density at radius 3 is 2.20 bits per heavy atom. The molecular weight excluding hydrogens is 554 g/mol. The van der Waals surface area contributed by atoms with Crippen LogP contribution in [0.2, 0.25) is 5.02 Å². The molecule has 0 bridgehead atoms. The molecular formula is C29H34ClN3O6S. The van der Waals surface area contributed by atoms with Gasteiger partial charge in [-0.3, -0.25) is 13.9 Å². The van der Waals surface area contributed by atoms with Gasteiger partial charge in [-0.15, -0.1) is 0 Å². The zero-order valence-electron chi connectivity index (χ0n) is 23.0. The van der Waals surface area contributed by atoms with Gasteiger partial charge >= 0.3 is 0 Å². The molecule has 0 aliphatic carbocycles. The zero-order chi connectivity index (χ0) is 29.3. The van der Waals surface area contributed by atoms with Gasteiger partial charge in [-0.1, -0.05) is 48.9 Å². The van der Waals surface area contributed by atoms with Crippen molar-refractivity contribution in [2.45, 2.75) is 37.8 Å². The molecule has 1 unspecified atom stereocenters. The van der Waals surface area contributed by atoms with Gasteiger partial charge in [-0.2, -0.15) is 0 Å². The Kier molecular flexibility index (Phi) is 10.8. The van der Waals surface area contributed by atoms with Gasteiger partial charge in [0.2, 0.25) is 11.8 Å². The molecule has 0 saturated carbocycles. The summed E-state index contributed by atoms with van der Waals surface area (Å²) in [7, 11) is -1.29. The fourth-order valence-corrected chi connectivity index (χ4v) is 5.83. The van der Waals surface area contributed by atoms with Crippen LogP contribution in [0, 0.1) is 0 Å². The van der Waals surface area contributed by atoms with Crippen LogP contribution in [-0.4, -0.2) is 58.5 Å². The number of halogens is 1. The predicted molar refractivity (Wildman–Crippen MR) is 155 cm³/mol. The quantitative estimate of drug-likeness (QED) is 0.316. The number of benzene rings is 3. The number of nitrogens with zero attached hydrogens (tertiary/aromatic N) is 2. The maximum absolute atomic E-state index is 14.1. The summed E-state index contributed by atoms with van der Waals surface area (Å²) in [6, 6.07) is 18.6. The van der Waals surface area contributed by atoms with Crippen molar-refractivity contribution in [3.63, 3.8) is 0 Å². The minimum Gasteiger partial charge on any atom is -0.497 e. The number of hydrogen-bond acceptors (Lipinski definition) is 6. The second kappa shape index (κ2) is 14.0. The molecule has 3 aromatic carbocycles. The lowest BCUT2D eigenvalue weighted by Crippen LogP contribution is -2.52. The van der Waals surface area contributed by atoms with Crippen LogP contribution in [0.25, 0.3) is 0 Å². The van der Waals surface area contributed by atoms with Crippen molar-refractivity contribution >= 4 is 39.1 Å². The Balaban J connectivity index is 2.11. The first-order chi connectivity index (χ1) is 19.2. The molecule has 0 aliphatic rings. The minimum absolute atomic E-state index is 0.0118. The van der Waals surface area contributed by atoms with E-state index in [0.29, 0.717) is 18.7 Å². The predicted octanol–water partition coefficient (Wildman–Crippen LogP) is 4.50. The van der Waals surface area contributed by atoms with Gasteiger partial charge in [0.15, 0.2) is 0 Å². The van der Waals surface area contributed by atoms with Gasteiger partial charge in [-0.25, -0.2) is 8.42 Å². The number of carbonyl (C=O) groups excluding carboxylic acids is 2. The molecule has 0 fully saturated rings. The monoisotopic (exact) mass is 587 g/mol. The van der Waals surface area contributed by atoms with E-state index in [4.69, 9.17) is 21.1 Å². The molecule has 9 nitrogen and oxygen atoms in total. The first kappa shape index (κ1) is 30.8. The normalized spacial score (nSPS) is 11.8. The summed E-state index contributed by atoms with van der Waals surface area (Å²) in [6.07, 6.45) is 0.319. The molecule has 3 rings (SSSR count). The standard InChI is InChI=1S/C29H34ClN3O6S/c1-5-25(29(35)31-6-2)32(19-21-12-15-23(38-3)16-13-21)28(34)20-33(26-18-22(30)14-17-27(26)39-4)40(36,37)24-10-8-7-9-11-24/h7-18,25H,5-6,19-20H2,1-4H3,(H,31,35). The summed E-state index contributed by atoms with van der Waals surface area (Å²) in [6.45, 7) is 3.45. The third-order valence-electron chi connectivity index (χ3n) is 6.27. The molecule has 1 atom stereocenters. The fourth-order valence-electron chi connectivity index (χ4n) is 4.23. The number of hydrogen-bond donors (Lipinski definition) is 1. The van der Waals surface area contributed by atoms with E-state index in [2.05, 4.69) is 5.32 Å². The Bertz CT molecular complexity index is 1400. The largest absolute Gasteiger partial charge is 0.497 e. The fraction of sp³-hybridized carbons (Fsp3) is 0.310. The molecule has 214 valence electrons. The maximum Gasteiger partial charge on any atom is 0.264 e. The number of anilines is 1. The lowest BCUT2D eigenvalue weighted by molar-refractivity contribution is -0.140. The average Bonchev–Trinajstić information content (AvgIpc) is 2.96. The van der Waals surface area contributed by atoms with E-state index in [1.54, 1.807) is 69.5 Å². The van der Waals surface area contributed by atoms with Crippen molar-refractivity contribution in [3.8, 4) is 11.5 Å². The molecule has 11 heteroatoms. The Morgan fingerprint density at radius 2 is 1.62 bits per heavy atom. The molecule has 0 spiro atoms. The van der Waals surface area contributed by atoms with Crippen LogP contribution in [0.15, 0.2) is 77.7 Å². The maximum atomic E-state index is 14.1. The van der Waals surface area contributed by atoms with Crippen LogP contribution < -0.4 is 19.1 Å². The number of likely N-dealkylation sites (N-methyl/N-ethyl adjacent to an activating group) is 1. The second-order valence-corrected chi connectivity index (χ2v) is 11.1. The van der Waals surface area contributed by atoms with E-state index < -0.39 is 28.5 Å². The highest BCUT2D eigenvalue weighted by Gasteiger charge is 2.34. The molecule has 0 aliphatic heterocycles. The number of methoxy groups -OCH3 is 2. The third-order valence-corrected chi connectivity index (χ3v) is 8.28. The van der Waals surface area contributed by atoms with E-state index in [1.165, 1.54) is 36.3 Å². The summed E-state index contributed by atoms with van der Waals surface area (Å²) < 4.78 is 39.5. The van der Waals surface area contributed by atoms with Crippen LogP contribution in [-0.2, 0) is 26.2 Å². The first-order valence-electron chi connectivity index (χ1n) is 12.8. The highest BCUT2D eigenvalue weighted by Crippen LogP contribution is 2.35. The average molecular weight is 588 g/mol. The van der Waals surface area contributed by atoms with E-state index in [1.807, 2.05) is 0 Å². The molecule has 0 radical (unpaired) electrons. The van der Waals surface area contributed by atoms with E-state index in [-0.39, 0.29) is 33.8 Å². The number of ether oxygens (including phenoxy) is 2. The van der Waals surface area contributed by atoms with E-state index >= 15 is 0 Å². The van der Waals surface area contributed by atoms with Crippen LogP contribution in [0.4, 0.5) is 5.69 Å². The minimum atomic E-state index is -4.25. The summed E-state index contributed by atoms with van der Waals surface area (Å²) in [4.78, 5) is 28.5. The van der Waals surface area contributed by atoms with Crippen LogP contribution in [0.1, 0.15) is 25.8 Å². The molecule has 0 heterocycles. The smallest absolute Gasteiger partial charge is 0.264 e. The van der Waals surface area contributed by atoms with Gasteiger partial charge in [0, 0.05) is 18.1 Å². The molecule has 1 N–H and O–H groups in total. The van der Waals surface area contributed by atoms with Crippen LogP contribution in [0.3, 0.4) is 0 Å². The Labute approximate surface area is 240 Å². The van der Waals surface area contributed by atoms with Crippen LogP contribution in [0.5, 0.6) is 11.5 Å². The Morgan fingerprint density at radius 1 is 0.950 bits per heavy atom. The molecule has 3 aromatic rings. The van der Waals surface area contributed by atoms with Crippen molar-refractivity contribution in [2.75, 3.05) is 31.6 Å². The highest BCUT2D eigenvalue weighted by atomic mass is 35.5. The molecule has 0 saturated heterocycles. The Hall–Kier alpha value is -3.76. The summed E-state index contributed by atoms with van der Waals surface area (Å²) >= 11 is 6.26. The van der Waals surface area contributed by atoms with Gasteiger partial charge in [0.25, 0.3) is 10.0 Å². The topological polar surface area (TPSA) is 105 Å². The molecule has 0 aromatic heterocycles. The second-order valence-electron chi connectivity index (χ2n) is 8.83. The third kappa shape index (κ3) is 7.25. The SMILES string of the molecule is CCNC(=O)C(CC)N(Cc1ccc(OC)cc1)C(=O)CN(c1cc(Cl)ccc1OC)S(=O)(=O)c1ccccc1. The van der Waals surface area contributed by atoms with Crippen LogP contribution >= 0.6 is 11.6 Å². The summed E-state index contributed by atoms with van der Waals surface area (Å²) in [5, 5.41) is 3.04. The summed E-state index contributed by atoms with van der Waals surface area (Å²) in [5.41, 5.74) is 0.845. The number of amides is 2. The number of sulfonamides is 1. The first-order valence-corrected chi connectivity index (χ1v) is 14.6. The number of rotatable bonds is 13. The lowest BCUT2D eigenvalue weighted by Gasteiger charge is -2.33. The molecule has 40 heavy (non-hydrogen) atoms. The van der Waals surface area contributed by atoms with Gasteiger partial charge in [-0.05, 0) is 61.4 Å². The van der Waals surface area contributed by atoms with Crippen molar-refractivity contribution in [3.05, 3.63) is 83.4 Å². The van der Waals surface area contributed by atoms with Crippen molar-refractivity contribution in [2.24, 2.45) is 0 Å². The van der Waals surface area contributed by atoms with Gasteiger partial charge < -0.3 is 19.7 Å². The van der Waals surface area contributed by atoms with Gasteiger partial charge in [0.1, 0.15) is 24.1 Å². The van der Waals surface area contributed by atoms with Crippen molar-refractivity contribution in [1.82, 2.24) is 10.2 Å². The van der Waals surface area contributed by atoms with E-state index in [0.717, 1.165) is 9.87 Å².